The van der Waals surface area contributed by atoms with Crippen LogP contribution in [0.15, 0.2) is 30.6 Å². The molecule has 0 radical (unpaired) electrons. The molecule has 1 saturated heterocycles. The van der Waals surface area contributed by atoms with Crippen molar-refractivity contribution < 1.29 is 9.47 Å². The lowest BCUT2D eigenvalue weighted by Crippen LogP contribution is -2.27. The molecule has 0 amide bonds. The zero-order valence-electron chi connectivity index (χ0n) is 14.6. The summed E-state index contributed by atoms with van der Waals surface area (Å²) in [6.07, 6.45) is 7.30. The third-order valence-electron chi connectivity index (χ3n) is 5.01. The number of fused-ring (bicyclic) bond motifs is 1. The van der Waals surface area contributed by atoms with Gasteiger partial charge in [-0.2, -0.15) is 5.10 Å². The summed E-state index contributed by atoms with van der Waals surface area (Å²) in [4.78, 5) is 4.34. The monoisotopic (exact) mass is 342 g/mol. The second kappa shape index (κ2) is 8.08. The maximum atomic E-state index is 5.97. The van der Waals surface area contributed by atoms with Crippen molar-refractivity contribution in [1.29, 1.82) is 0 Å². The fourth-order valence-corrected chi connectivity index (χ4v) is 3.61. The minimum Gasteiger partial charge on any atom is -0.381 e. The second-order valence-electron chi connectivity index (χ2n) is 6.88. The van der Waals surface area contributed by atoms with Crippen LogP contribution in [0.2, 0.25) is 0 Å². The Labute approximate surface area is 148 Å². The first-order valence-corrected chi connectivity index (χ1v) is 9.24. The highest BCUT2D eigenvalue weighted by atomic mass is 16.5. The average Bonchev–Trinajstić information content (AvgIpc) is 3.07. The highest BCUT2D eigenvalue weighted by molar-refractivity contribution is 5.22. The van der Waals surface area contributed by atoms with E-state index in [1.165, 1.54) is 5.56 Å². The highest BCUT2D eigenvalue weighted by Gasteiger charge is 2.25. The number of hydrogen-bond acceptors (Lipinski definition) is 5. The zero-order valence-corrected chi connectivity index (χ0v) is 14.6. The standard InChI is InChI=1S/C19H26N4O2/c1-2-7-21-17(3-1)11-20-12-18-19-16(6-10-25-18)14-23(22-19)13-15-4-8-24-9-5-15/h1-3,7,14-15,18,20H,4-6,8-13H2/t18-/m0/s1. The Balaban J connectivity index is 1.35. The SMILES string of the molecule is c1ccc(CNC[C@@H]2OCCc3cn(CC4CCOCC4)nc32)nc1. The van der Waals surface area contributed by atoms with E-state index in [0.717, 1.165) is 70.1 Å². The van der Waals surface area contributed by atoms with Crippen LogP contribution in [0.25, 0.3) is 0 Å². The first-order chi connectivity index (χ1) is 12.4. The van der Waals surface area contributed by atoms with E-state index in [2.05, 4.69) is 21.2 Å². The zero-order chi connectivity index (χ0) is 16.9. The summed E-state index contributed by atoms with van der Waals surface area (Å²) in [5.41, 5.74) is 3.48. The maximum absolute atomic E-state index is 5.97. The molecule has 1 atom stereocenters. The van der Waals surface area contributed by atoms with E-state index < -0.39 is 0 Å². The molecule has 2 aromatic heterocycles. The lowest BCUT2D eigenvalue weighted by Gasteiger charge is -2.22. The maximum Gasteiger partial charge on any atom is 0.114 e. The van der Waals surface area contributed by atoms with Crippen molar-refractivity contribution in [3.8, 4) is 0 Å². The van der Waals surface area contributed by atoms with Gasteiger partial charge in [0.05, 0.1) is 18.0 Å². The van der Waals surface area contributed by atoms with Crippen molar-refractivity contribution >= 4 is 0 Å². The van der Waals surface area contributed by atoms with E-state index in [1.54, 1.807) is 0 Å². The largest absolute Gasteiger partial charge is 0.381 e. The van der Waals surface area contributed by atoms with Gasteiger partial charge in [-0.25, -0.2) is 0 Å². The summed E-state index contributed by atoms with van der Waals surface area (Å²) in [7, 11) is 0. The minimum absolute atomic E-state index is 0.0309. The lowest BCUT2D eigenvalue weighted by atomic mass is 10.0. The molecule has 1 fully saturated rings. The molecule has 6 heteroatoms. The van der Waals surface area contributed by atoms with Gasteiger partial charge in [0.2, 0.25) is 0 Å². The molecule has 4 rings (SSSR count). The summed E-state index contributed by atoms with van der Waals surface area (Å²) in [6.45, 7) is 5.04. The van der Waals surface area contributed by atoms with E-state index in [9.17, 15) is 0 Å². The number of ether oxygens (including phenoxy) is 2. The van der Waals surface area contributed by atoms with Crippen molar-refractivity contribution in [1.82, 2.24) is 20.1 Å². The molecule has 1 N–H and O–H groups in total. The third-order valence-corrected chi connectivity index (χ3v) is 5.01. The van der Waals surface area contributed by atoms with Gasteiger partial charge in [-0.1, -0.05) is 6.07 Å². The molecule has 0 bridgehead atoms. The molecular formula is C19H26N4O2. The molecular weight excluding hydrogens is 316 g/mol. The van der Waals surface area contributed by atoms with E-state index >= 15 is 0 Å². The van der Waals surface area contributed by atoms with Crippen LogP contribution in [-0.4, -0.2) is 41.1 Å². The topological polar surface area (TPSA) is 61.2 Å². The van der Waals surface area contributed by atoms with Gasteiger partial charge in [0, 0.05) is 45.2 Å². The van der Waals surface area contributed by atoms with Crippen LogP contribution in [0.1, 0.15) is 35.9 Å². The lowest BCUT2D eigenvalue weighted by molar-refractivity contribution is 0.0387. The first kappa shape index (κ1) is 16.7. The van der Waals surface area contributed by atoms with Crippen LogP contribution < -0.4 is 5.32 Å². The van der Waals surface area contributed by atoms with Crippen LogP contribution in [0.5, 0.6) is 0 Å². The molecule has 0 saturated carbocycles. The Morgan fingerprint density at radius 2 is 2.12 bits per heavy atom. The highest BCUT2D eigenvalue weighted by Crippen LogP contribution is 2.26. The van der Waals surface area contributed by atoms with E-state index in [0.29, 0.717) is 5.92 Å². The van der Waals surface area contributed by atoms with Gasteiger partial charge in [-0.3, -0.25) is 9.67 Å². The number of aromatic nitrogens is 3. The van der Waals surface area contributed by atoms with Gasteiger partial charge in [-0.05, 0) is 42.9 Å². The first-order valence-electron chi connectivity index (χ1n) is 9.24. The van der Waals surface area contributed by atoms with Gasteiger partial charge in [0.25, 0.3) is 0 Å². The average molecular weight is 342 g/mol. The normalized spacial score (nSPS) is 21.2. The predicted molar refractivity (Wildman–Crippen MR) is 94.1 cm³/mol. The van der Waals surface area contributed by atoms with Gasteiger partial charge >= 0.3 is 0 Å². The summed E-state index contributed by atoms with van der Waals surface area (Å²) >= 11 is 0. The van der Waals surface area contributed by atoms with Crippen molar-refractivity contribution in [2.24, 2.45) is 5.92 Å². The Bertz CT molecular complexity index is 667. The van der Waals surface area contributed by atoms with Crippen molar-refractivity contribution in [3.05, 3.63) is 47.5 Å². The number of rotatable bonds is 6. The van der Waals surface area contributed by atoms with Gasteiger partial charge in [-0.15, -0.1) is 0 Å². The van der Waals surface area contributed by atoms with Crippen molar-refractivity contribution in [3.63, 3.8) is 0 Å². The van der Waals surface area contributed by atoms with E-state index in [-0.39, 0.29) is 6.10 Å². The summed E-state index contributed by atoms with van der Waals surface area (Å²) in [5, 5.41) is 8.30. The van der Waals surface area contributed by atoms with Crippen LogP contribution in [0.3, 0.4) is 0 Å². The molecule has 2 aromatic rings. The number of pyridine rings is 1. The fraction of sp³-hybridized carbons (Fsp3) is 0.579. The summed E-state index contributed by atoms with van der Waals surface area (Å²) < 4.78 is 13.5. The second-order valence-corrected chi connectivity index (χ2v) is 6.88. The van der Waals surface area contributed by atoms with Crippen LogP contribution in [0, 0.1) is 5.92 Å². The van der Waals surface area contributed by atoms with Crippen molar-refractivity contribution in [2.45, 2.75) is 38.5 Å². The smallest absolute Gasteiger partial charge is 0.114 e. The summed E-state index contributed by atoms with van der Waals surface area (Å²) in [6, 6.07) is 5.98. The summed E-state index contributed by atoms with van der Waals surface area (Å²) in [5.74, 6) is 0.678. The molecule has 2 aliphatic rings. The molecule has 0 aliphatic carbocycles. The molecule has 4 heterocycles. The molecule has 6 nitrogen and oxygen atoms in total. The Morgan fingerprint density at radius 3 is 2.96 bits per heavy atom. The quantitative estimate of drug-likeness (QED) is 0.871. The van der Waals surface area contributed by atoms with E-state index in [4.69, 9.17) is 14.6 Å². The molecule has 0 spiro atoms. The molecule has 134 valence electrons. The van der Waals surface area contributed by atoms with Crippen molar-refractivity contribution in [2.75, 3.05) is 26.4 Å². The van der Waals surface area contributed by atoms with Crippen LogP contribution >= 0.6 is 0 Å². The fourth-order valence-electron chi connectivity index (χ4n) is 3.61. The van der Waals surface area contributed by atoms with Gasteiger partial charge < -0.3 is 14.8 Å². The van der Waals surface area contributed by atoms with Gasteiger partial charge in [0.15, 0.2) is 0 Å². The Kier molecular flexibility index (Phi) is 5.40. The molecule has 2 aliphatic heterocycles. The van der Waals surface area contributed by atoms with E-state index in [1.807, 2.05) is 24.4 Å². The Hall–Kier alpha value is -1.76. The van der Waals surface area contributed by atoms with Gasteiger partial charge in [0.1, 0.15) is 6.10 Å². The van der Waals surface area contributed by atoms with Crippen LogP contribution in [0.4, 0.5) is 0 Å². The Morgan fingerprint density at radius 1 is 1.20 bits per heavy atom. The third kappa shape index (κ3) is 4.26. The number of nitrogens with zero attached hydrogens (tertiary/aromatic N) is 3. The molecule has 0 aromatic carbocycles. The number of nitrogens with one attached hydrogen (secondary N) is 1. The minimum atomic E-state index is 0.0309. The molecule has 0 unspecified atom stereocenters. The predicted octanol–water partition coefficient (Wildman–Crippen LogP) is 2.11. The molecule has 25 heavy (non-hydrogen) atoms. The van der Waals surface area contributed by atoms with Crippen LogP contribution in [-0.2, 0) is 29.0 Å². The number of hydrogen-bond donors (Lipinski definition) is 1.